The molecule has 0 aliphatic rings. The highest BCUT2D eigenvalue weighted by Crippen LogP contribution is 2.20. The van der Waals surface area contributed by atoms with E-state index in [0.717, 1.165) is 6.07 Å². The van der Waals surface area contributed by atoms with Crippen LogP contribution in [0.5, 0.6) is 5.75 Å². The fraction of sp³-hybridized carbons (Fsp3) is 0.125. The quantitative estimate of drug-likeness (QED) is 0.752. The molecule has 0 saturated heterocycles. The number of hydrogen-bond acceptors (Lipinski definition) is 2. The van der Waals surface area contributed by atoms with Crippen molar-refractivity contribution in [2.75, 3.05) is 7.11 Å². The first kappa shape index (κ1) is 9.44. The number of benzene rings is 1. The van der Waals surface area contributed by atoms with E-state index in [0.29, 0.717) is 6.07 Å². The van der Waals surface area contributed by atoms with Gasteiger partial charge in [0.1, 0.15) is 5.82 Å². The van der Waals surface area contributed by atoms with Gasteiger partial charge in [-0.25, -0.2) is 8.78 Å². The molecule has 0 unspecified atom stereocenters. The molecule has 0 radical (unpaired) electrons. The average molecular weight is 187 g/mol. The molecule has 2 N–H and O–H groups in total. The third-order valence-corrected chi connectivity index (χ3v) is 1.51. The van der Waals surface area contributed by atoms with Gasteiger partial charge in [-0.2, -0.15) is 0 Å². The molecule has 0 bridgehead atoms. The molecule has 0 heterocycles. The van der Waals surface area contributed by atoms with Gasteiger partial charge in [-0.05, 0) is 6.07 Å². The van der Waals surface area contributed by atoms with E-state index in [-0.39, 0.29) is 5.75 Å². The summed E-state index contributed by atoms with van der Waals surface area (Å²) < 4.78 is 30.1. The molecular formula is C8H7F2NO2. The van der Waals surface area contributed by atoms with Gasteiger partial charge in [-0.1, -0.05) is 0 Å². The number of ether oxygens (including phenoxy) is 1. The third kappa shape index (κ3) is 1.74. The molecule has 1 amide bonds. The average Bonchev–Trinajstić information content (AvgIpc) is 2.03. The lowest BCUT2D eigenvalue weighted by molar-refractivity contribution is 0.0996. The summed E-state index contributed by atoms with van der Waals surface area (Å²) in [6.45, 7) is 0. The van der Waals surface area contributed by atoms with E-state index < -0.39 is 23.1 Å². The number of nitrogens with two attached hydrogens (primary N) is 1. The number of hydrogen-bond donors (Lipinski definition) is 1. The summed E-state index contributed by atoms with van der Waals surface area (Å²) in [6, 6.07) is 1.48. The van der Waals surface area contributed by atoms with Gasteiger partial charge in [0, 0.05) is 6.07 Å². The Hall–Kier alpha value is -1.65. The van der Waals surface area contributed by atoms with Crippen molar-refractivity contribution in [1.29, 1.82) is 0 Å². The van der Waals surface area contributed by atoms with Crippen molar-refractivity contribution in [3.8, 4) is 5.75 Å². The SMILES string of the molecule is COc1cc(C(N)=O)c(F)cc1F. The first-order chi connectivity index (χ1) is 6.06. The Labute approximate surface area is 73.1 Å². The number of halogens is 2. The summed E-state index contributed by atoms with van der Waals surface area (Å²) in [4.78, 5) is 10.6. The number of rotatable bonds is 2. The standard InChI is InChI=1S/C8H7F2NO2/c1-13-7-2-4(8(11)12)5(9)3-6(7)10/h2-3H,1H3,(H2,11,12). The molecule has 0 fully saturated rings. The zero-order valence-corrected chi connectivity index (χ0v) is 6.80. The van der Waals surface area contributed by atoms with Gasteiger partial charge < -0.3 is 10.5 Å². The maximum absolute atomic E-state index is 12.8. The number of carbonyl (C=O) groups excluding carboxylic acids is 1. The van der Waals surface area contributed by atoms with Gasteiger partial charge in [0.05, 0.1) is 12.7 Å². The van der Waals surface area contributed by atoms with Crippen molar-refractivity contribution in [2.24, 2.45) is 5.73 Å². The Morgan fingerprint density at radius 2 is 2.00 bits per heavy atom. The molecule has 0 aliphatic carbocycles. The molecule has 1 aromatic rings. The molecule has 5 heteroatoms. The van der Waals surface area contributed by atoms with Gasteiger partial charge in [0.2, 0.25) is 0 Å². The minimum absolute atomic E-state index is 0.213. The zero-order valence-electron chi connectivity index (χ0n) is 6.80. The largest absolute Gasteiger partial charge is 0.494 e. The minimum Gasteiger partial charge on any atom is -0.494 e. The Balaban J connectivity index is 3.30. The number of primary amides is 1. The zero-order chi connectivity index (χ0) is 10.0. The monoisotopic (exact) mass is 187 g/mol. The molecule has 0 saturated carbocycles. The summed E-state index contributed by atoms with van der Waals surface area (Å²) >= 11 is 0. The van der Waals surface area contributed by atoms with Crippen molar-refractivity contribution in [3.05, 3.63) is 29.3 Å². The normalized spacial score (nSPS) is 9.77. The fourth-order valence-corrected chi connectivity index (χ4v) is 0.874. The first-order valence-electron chi connectivity index (χ1n) is 3.39. The maximum atomic E-state index is 12.8. The molecule has 13 heavy (non-hydrogen) atoms. The molecule has 1 rings (SSSR count). The second kappa shape index (κ2) is 3.38. The van der Waals surface area contributed by atoms with E-state index in [1.165, 1.54) is 7.11 Å². The third-order valence-electron chi connectivity index (χ3n) is 1.51. The molecule has 0 aromatic heterocycles. The van der Waals surface area contributed by atoms with E-state index in [4.69, 9.17) is 5.73 Å². The lowest BCUT2D eigenvalue weighted by atomic mass is 10.2. The predicted molar refractivity (Wildman–Crippen MR) is 41.4 cm³/mol. The van der Waals surface area contributed by atoms with Gasteiger partial charge in [-0.15, -0.1) is 0 Å². The highest BCUT2D eigenvalue weighted by atomic mass is 19.1. The van der Waals surface area contributed by atoms with Crippen molar-refractivity contribution in [3.63, 3.8) is 0 Å². The molecular weight excluding hydrogens is 180 g/mol. The molecule has 0 aliphatic heterocycles. The summed E-state index contributed by atoms with van der Waals surface area (Å²) in [5, 5.41) is 0. The maximum Gasteiger partial charge on any atom is 0.251 e. The molecule has 3 nitrogen and oxygen atoms in total. The van der Waals surface area contributed by atoms with Gasteiger partial charge in [0.25, 0.3) is 5.91 Å². The predicted octanol–water partition coefficient (Wildman–Crippen LogP) is 1.07. The summed E-state index contributed by atoms with van der Waals surface area (Å²) in [7, 11) is 1.21. The van der Waals surface area contributed by atoms with Crippen LogP contribution in [0.4, 0.5) is 8.78 Å². The van der Waals surface area contributed by atoms with Crippen molar-refractivity contribution < 1.29 is 18.3 Å². The van der Waals surface area contributed by atoms with Crippen LogP contribution in [0.2, 0.25) is 0 Å². The summed E-state index contributed by atoms with van der Waals surface area (Å²) in [5.74, 6) is -3.04. The Kier molecular flexibility index (Phi) is 2.46. The van der Waals surface area contributed by atoms with Crippen LogP contribution in [0.15, 0.2) is 12.1 Å². The van der Waals surface area contributed by atoms with Crippen LogP contribution in [0.3, 0.4) is 0 Å². The van der Waals surface area contributed by atoms with Crippen LogP contribution in [0, 0.1) is 11.6 Å². The minimum atomic E-state index is -0.995. The molecule has 0 atom stereocenters. The number of amides is 1. The highest BCUT2D eigenvalue weighted by Gasteiger charge is 2.13. The second-order valence-corrected chi connectivity index (χ2v) is 2.33. The van der Waals surface area contributed by atoms with E-state index in [1.54, 1.807) is 0 Å². The van der Waals surface area contributed by atoms with Gasteiger partial charge >= 0.3 is 0 Å². The second-order valence-electron chi connectivity index (χ2n) is 2.33. The number of carbonyl (C=O) groups is 1. The Morgan fingerprint density at radius 1 is 1.38 bits per heavy atom. The summed E-state index contributed by atoms with van der Waals surface area (Å²) in [6.07, 6.45) is 0. The smallest absolute Gasteiger partial charge is 0.251 e. The Bertz CT molecular complexity index is 352. The lowest BCUT2D eigenvalue weighted by Gasteiger charge is -2.04. The number of methoxy groups -OCH3 is 1. The summed E-state index contributed by atoms with van der Waals surface area (Å²) in [5.41, 5.74) is 4.44. The molecule has 0 spiro atoms. The van der Waals surface area contributed by atoms with Crippen LogP contribution in [0.25, 0.3) is 0 Å². The van der Waals surface area contributed by atoms with Crippen LogP contribution >= 0.6 is 0 Å². The molecule has 70 valence electrons. The van der Waals surface area contributed by atoms with Crippen LogP contribution in [-0.4, -0.2) is 13.0 Å². The van der Waals surface area contributed by atoms with E-state index >= 15 is 0 Å². The van der Waals surface area contributed by atoms with Crippen LogP contribution < -0.4 is 10.5 Å². The Morgan fingerprint density at radius 3 is 2.46 bits per heavy atom. The lowest BCUT2D eigenvalue weighted by Crippen LogP contribution is -2.13. The van der Waals surface area contributed by atoms with Crippen molar-refractivity contribution in [2.45, 2.75) is 0 Å². The topological polar surface area (TPSA) is 52.3 Å². The van der Waals surface area contributed by atoms with E-state index in [2.05, 4.69) is 4.74 Å². The van der Waals surface area contributed by atoms with E-state index in [1.807, 2.05) is 0 Å². The van der Waals surface area contributed by atoms with Gasteiger partial charge in [-0.3, -0.25) is 4.79 Å². The first-order valence-corrected chi connectivity index (χ1v) is 3.39. The van der Waals surface area contributed by atoms with Gasteiger partial charge in [0.15, 0.2) is 11.6 Å². The highest BCUT2D eigenvalue weighted by molar-refractivity contribution is 5.93. The van der Waals surface area contributed by atoms with Crippen molar-refractivity contribution >= 4 is 5.91 Å². The van der Waals surface area contributed by atoms with Crippen LogP contribution in [0.1, 0.15) is 10.4 Å². The van der Waals surface area contributed by atoms with Crippen LogP contribution in [-0.2, 0) is 0 Å². The fourth-order valence-electron chi connectivity index (χ4n) is 0.874. The van der Waals surface area contributed by atoms with Crippen molar-refractivity contribution in [1.82, 2.24) is 0 Å². The van der Waals surface area contributed by atoms with E-state index in [9.17, 15) is 13.6 Å². The molecule has 1 aromatic carbocycles.